The van der Waals surface area contributed by atoms with Gasteiger partial charge in [0.2, 0.25) is 5.91 Å². The van der Waals surface area contributed by atoms with Gasteiger partial charge in [-0.1, -0.05) is 25.8 Å². The Kier molecular flexibility index (Phi) is 4.40. The molecule has 1 amide bonds. The number of thiophene rings is 1. The van der Waals surface area contributed by atoms with Gasteiger partial charge in [-0.15, -0.1) is 11.3 Å². The third kappa shape index (κ3) is 3.12. The van der Waals surface area contributed by atoms with E-state index in [-0.39, 0.29) is 24.0 Å². The molecule has 1 aromatic rings. The van der Waals surface area contributed by atoms with Gasteiger partial charge in [-0.25, -0.2) is 0 Å². The van der Waals surface area contributed by atoms with E-state index in [4.69, 9.17) is 0 Å². The highest BCUT2D eigenvalue weighted by Crippen LogP contribution is 2.29. The maximum absolute atomic E-state index is 12.2. The topological polar surface area (TPSA) is 49.3 Å². The monoisotopic (exact) mass is 267 g/mol. The summed E-state index contributed by atoms with van der Waals surface area (Å²) in [5.74, 6) is 0.0343. The van der Waals surface area contributed by atoms with E-state index in [1.54, 1.807) is 11.3 Å². The van der Waals surface area contributed by atoms with Gasteiger partial charge in [-0.2, -0.15) is 0 Å². The van der Waals surface area contributed by atoms with Crippen LogP contribution in [0.4, 0.5) is 0 Å². The maximum atomic E-state index is 12.2. The van der Waals surface area contributed by atoms with Crippen LogP contribution in [-0.2, 0) is 11.2 Å². The molecule has 0 spiro atoms. The summed E-state index contributed by atoms with van der Waals surface area (Å²) in [6.07, 6.45) is 4.78. The van der Waals surface area contributed by atoms with Gasteiger partial charge < -0.3 is 10.4 Å². The first kappa shape index (κ1) is 13.6. The molecule has 1 aliphatic rings. The predicted molar refractivity (Wildman–Crippen MR) is 73.6 cm³/mol. The molecule has 2 rings (SSSR count). The second-order valence-electron chi connectivity index (χ2n) is 5.32. The van der Waals surface area contributed by atoms with Crippen LogP contribution in [0.3, 0.4) is 0 Å². The number of amides is 1. The molecule has 1 aromatic heterocycles. The highest BCUT2D eigenvalue weighted by molar-refractivity contribution is 7.09. The molecule has 0 radical (unpaired) electrons. The number of aliphatic hydroxyl groups is 1. The second kappa shape index (κ2) is 5.85. The van der Waals surface area contributed by atoms with Crippen LogP contribution in [0, 0.1) is 5.92 Å². The molecule has 1 saturated carbocycles. The molecule has 3 nitrogen and oxygen atoms in total. The molecule has 1 unspecified atom stereocenters. The normalized spacial score (nSPS) is 19.7. The average molecular weight is 267 g/mol. The summed E-state index contributed by atoms with van der Waals surface area (Å²) in [5, 5.41) is 14.6. The Morgan fingerprint density at radius 3 is 2.83 bits per heavy atom. The summed E-state index contributed by atoms with van der Waals surface area (Å²) >= 11 is 1.69. The SMILES string of the molecule is CC(Cc1cccs1)C(=O)NC1(CO)CCCC1. The van der Waals surface area contributed by atoms with Crippen LogP contribution in [0.5, 0.6) is 0 Å². The van der Waals surface area contributed by atoms with E-state index in [0.29, 0.717) is 0 Å². The lowest BCUT2D eigenvalue weighted by atomic mass is 9.96. The van der Waals surface area contributed by atoms with E-state index in [1.807, 2.05) is 18.4 Å². The van der Waals surface area contributed by atoms with Crippen molar-refractivity contribution in [3.8, 4) is 0 Å². The summed E-state index contributed by atoms with van der Waals surface area (Å²) in [6, 6.07) is 4.07. The van der Waals surface area contributed by atoms with E-state index in [0.717, 1.165) is 32.1 Å². The molecule has 1 atom stereocenters. The van der Waals surface area contributed by atoms with Gasteiger partial charge in [0.25, 0.3) is 0 Å². The molecule has 0 saturated heterocycles. The number of hydrogen-bond donors (Lipinski definition) is 2. The zero-order valence-corrected chi connectivity index (χ0v) is 11.6. The fourth-order valence-electron chi connectivity index (χ4n) is 2.58. The molecular weight excluding hydrogens is 246 g/mol. The lowest BCUT2D eigenvalue weighted by molar-refractivity contribution is -0.127. The molecule has 1 aliphatic carbocycles. The summed E-state index contributed by atoms with van der Waals surface area (Å²) in [7, 11) is 0. The fourth-order valence-corrected chi connectivity index (χ4v) is 3.42. The largest absolute Gasteiger partial charge is 0.394 e. The van der Waals surface area contributed by atoms with E-state index >= 15 is 0 Å². The van der Waals surface area contributed by atoms with Gasteiger partial charge in [0.05, 0.1) is 12.1 Å². The van der Waals surface area contributed by atoms with E-state index < -0.39 is 0 Å². The van der Waals surface area contributed by atoms with Crippen molar-refractivity contribution in [2.24, 2.45) is 5.92 Å². The van der Waals surface area contributed by atoms with Gasteiger partial charge in [0.1, 0.15) is 0 Å². The number of rotatable bonds is 5. The zero-order chi connectivity index (χ0) is 13.0. The lowest BCUT2D eigenvalue weighted by Gasteiger charge is -2.29. The van der Waals surface area contributed by atoms with Crippen LogP contribution < -0.4 is 5.32 Å². The number of nitrogens with one attached hydrogen (secondary N) is 1. The predicted octanol–water partition coefficient (Wildman–Crippen LogP) is 2.35. The summed E-state index contributed by atoms with van der Waals surface area (Å²) in [5.41, 5.74) is -0.346. The number of aliphatic hydroxyl groups excluding tert-OH is 1. The standard InChI is InChI=1S/C14H21NO2S/c1-11(9-12-5-4-8-18-12)13(17)15-14(10-16)6-2-3-7-14/h4-5,8,11,16H,2-3,6-7,9-10H2,1H3,(H,15,17). The van der Waals surface area contributed by atoms with Crippen LogP contribution >= 0.6 is 11.3 Å². The first-order chi connectivity index (χ1) is 8.65. The first-order valence-electron chi connectivity index (χ1n) is 6.60. The Bertz CT molecular complexity index is 383. The quantitative estimate of drug-likeness (QED) is 0.860. The fraction of sp³-hybridized carbons (Fsp3) is 0.643. The summed E-state index contributed by atoms with van der Waals surface area (Å²) < 4.78 is 0. The summed E-state index contributed by atoms with van der Waals surface area (Å²) in [4.78, 5) is 13.4. The van der Waals surface area contributed by atoms with Crippen LogP contribution in [0.2, 0.25) is 0 Å². The smallest absolute Gasteiger partial charge is 0.223 e. The Morgan fingerprint density at radius 1 is 1.56 bits per heavy atom. The van der Waals surface area contributed by atoms with Crippen LogP contribution in [0.25, 0.3) is 0 Å². The molecule has 4 heteroatoms. The molecule has 100 valence electrons. The minimum absolute atomic E-state index is 0.0346. The van der Waals surface area contributed by atoms with Crippen molar-refractivity contribution < 1.29 is 9.90 Å². The molecule has 1 fully saturated rings. The van der Waals surface area contributed by atoms with E-state index in [2.05, 4.69) is 11.4 Å². The Balaban J connectivity index is 1.90. The molecule has 18 heavy (non-hydrogen) atoms. The molecule has 0 bridgehead atoms. The molecule has 1 heterocycles. The van der Waals surface area contributed by atoms with Crippen molar-refractivity contribution in [2.45, 2.75) is 44.6 Å². The molecule has 0 aliphatic heterocycles. The summed E-state index contributed by atoms with van der Waals surface area (Å²) in [6.45, 7) is 2.01. The van der Waals surface area contributed by atoms with Crippen molar-refractivity contribution in [2.75, 3.05) is 6.61 Å². The molecular formula is C14H21NO2S. The third-order valence-electron chi connectivity index (χ3n) is 3.79. The minimum Gasteiger partial charge on any atom is -0.394 e. The van der Waals surface area contributed by atoms with Crippen molar-refractivity contribution in [3.05, 3.63) is 22.4 Å². The Hall–Kier alpha value is -0.870. The van der Waals surface area contributed by atoms with Gasteiger partial charge in [0, 0.05) is 10.8 Å². The van der Waals surface area contributed by atoms with Gasteiger partial charge in [-0.05, 0) is 30.7 Å². The van der Waals surface area contributed by atoms with Gasteiger partial charge in [-0.3, -0.25) is 4.79 Å². The van der Waals surface area contributed by atoms with E-state index in [9.17, 15) is 9.90 Å². The highest BCUT2D eigenvalue weighted by Gasteiger charge is 2.35. The maximum Gasteiger partial charge on any atom is 0.223 e. The van der Waals surface area contributed by atoms with Crippen LogP contribution in [0.1, 0.15) is 37.5 Å². The van der Waals surface area contributed by atoms with Crippen LogP contribution in [-0.4, -0.2) is 23.2 Å². The molecule has 0 aromatic carbocycles. The van der Waals surface area contributed by atoms with Crippen molar-refractivity contribution in [1.82, 2.24) is 5.32 Å². The second-order valence-corrected chi connectivity index (χ2v) is 6.35. The van der Waals surface area contributed by atoms with Crippen molar-refractivity contribution >= 4 is 17.2 Å². The van der Waals surface area contributed by atoms with Crippen molar-refractivity contribution in [1.29, 1.82) is 0 Å². The number of hydrogen-bond acceptors (Lipinski definition) is 3. The van der Waals surface area contributed by atoms with Crippen molar-refractivity contribution in [3.63, 3.8) is 0 Å². The Labute approximate surface area is 112 Å². The zero-order valence-electron chi connectivity index (χ0n) is 10.8. The number of carbonyl (C=O) groups is 1. The first-order valence-corrected chi connectivity index (χ1v) is 7.48. The number of carbonyl (C=O) groups excluding carboxylic acids is 1. The van der Waals surface area contributed by atoms with E-state index in [1.165, 1.54) is 4.88 Å². The third-order valence-corrected chi connectivity index (χ3v) is 4.69. The Morgan fingerprint density at radius 2 is 2.28 bits per heavy atom. The van der Waals surface area contributed by atoms with Crippen LogP contribution in [0.15, 0.2) is 17.5 Å². The average Bonchev–Trinajstić information content (AvgIpc) is 3.01. The molecule has 2 N–H and O–H groups in total. The van der Waals surface area contributed by atoms with Gasteiger partial charge in [0.15, 0.2) is 0 Å². The van der Waals surface area contributed by atoms with Gasteiger partial charge >= 0.3 is 0 Å². The highest BCUT2D eigenvalue weighted by atomic mass is 32.1. The lowest BCUT2D eigenvalue weighted by Crippen LogP contribution is -2.51. The minimum atomic E-state index is -0.346.